The zero-order valence-electron chi connectivity index (χ0n) is 11.0. The summed E-state index contributed by atoms with van der Waals surface area (Å²) in [6.45, 7) is 2.30. The Morgan fingerprint density at radius 2 is 2.16 bits per heavy atom. The number of hydrogen-bond donors (Lipinski definition) is 2. The lowest BCUT2D eigenvalue weighted by molar-refractivity contribution is 0.172. The van der Waals surface area contributed by atoms with E-state index in [9.17, 15) is 4.79 Å². The molecule has 0 aromatic heterocycles. The SMILES string of the molecule is CC(=N)c1ccc(C2CCC3(COC(=O)N3)C2)cc1. The molecule has 2 N–H and O–H groups in total. The lowest BCUT2D eigenvalue weighted by atomic mass is 9.92. The first-order chi connectivity index (χ1) is 9.08. The quantitative estimate of drug-likeness (QED) is 0.801. The van der Waals surface area contributed by atoms with Crippen LogP contribution in [0.4, 0.5) is 4.79 Å². The number of hydrogen-bond acceptors (Lipinski definition) is 3. The van der Waals surface area contributed by atoms with Crippen molar-refractivity contribution >= 4 is 11.8 Å². The summed E-state index contributed by atoms with van der Waals surface area (Å²) in [4.78, 5) is 11.2. The van der Waals surface area contributed by atoms with Gasteiger partial charge in [-0.3, -0.25) is 0 Å². The topological polar surface area (TPSA) is 62.2 Å². The van der Waals surface area contributed by atoms with E-state index in [1.807, 2.05) is 12.1 Å². The standard InChI is InChI=1S/C15H18N2O2/c1-10(16)11-2-4-12(5-3-11)13-6-7-15(8-13)9-19-14(18)17-15/h2-5,13,16H,6-9H2,1H3,(H,17,18). The smallest absolute Gasteiger partial charge is 0.407 e. The van der Waals surface area contributed by atoms with Crippen molar-refractivity contribution in [3.05, 3.63) is 35.4 Å². The van der Waals surface area contributed by atoms with Crippen LogP contribution >= 0.6 is 0 Å². The van der Waals surface area contributed by atoms with E-state index in [0.29, 0.717) is 18.2 Å². The van der Waals surface area contributed by atoms with Gasteiger partial charge in [0, 0.05) is 5.71 Å². The fourth-order valence-electron chi connectivity index (χ4n) is 3.15. The number of carbonyl (C=O) groups excluding carboxylic acids is 1. The lowest BCUT2D eigenvalue weighted by Crippen LogP contribution is -2.40. The van der Waals surface area contributed by atoms with Gasteiger partial charge in [-0.05, 0) is 43.2 Å². The zero-order chi connectivity index (χ0) is 13.5. The number of carbonyl (C=O) groups is 1. The normalized spacial score (nSPS) is 29.3. The van der Waals surface area contributed by atoms with Gasteiger partial charge in [-0.2, -0.15) is 0 Å². The maximum absolute atomic E-state index is 11.2. The van der Waals surface area contributed by atoms with Crippen molar-refractivity contribution in [2.45, 2.75) is 37.6 Å². The first-order valence-corrected chi connectivity index (χ1v) is 6.68. The summed E-state index contributed by atoms with van der Waals surface area (Å²) in [6, 6.07) is 8.22. The van der Waals surface area contributed by atoms with Crippen LogP contribution in [0, 0.1) is 5.41 Å². The third-order valence-corrected chi connectivity index (χ3v) is 4.27. The van der Waals surface area contributed by atoms with Crippen LogP contribution in [0.15, 0.2) is 24.3 Å². The molecule has 2 fully saturated rings. The molecule has 1 saturated carbocycles. The van der Waals surface area contributed by atoms with Gasteiger partial charge in [-0.1, -0.05) is 24.3 Å². The van der Waals surface area contributed by atoms with Gasteiger partial charge >= 0.3 is 6.09 Å². The minimum atomic E-state index is -0.282. The molecule has 1 heterocycles. The second-order valence-electron chi connectivity index (χ2n) is 5.67. The van der Waals surface area contributed by atoms with E-state index in [1.54, 1.807) is 6.92 Å². The summed E-state index contributed by atoms with van der Waals surface area (Å²) in [7, 11) is 0. The van der Waals surface area contributed by atoms with Gasteiger partial charge < -0.3 is 15.5 Å². The molecule has 2 aliphatic rings. The molecular formula is C15H18N2O2. The fourth-order valence-corrected chi connectivity index (χ4v) is 3.15. The highest BCUT2D eigenvalue weighted by Crippen LogP contribution is 2.42. The molecule has 1 saturated heterocycles. The van der Waals surface area contributed by atoms with E-state index < -0.39 is 0 Å². The molecule has 100 valence electrons. The minimum Gasteiger partial charge on any atom is -0.447 e. The summed E-state index contributed by atoms with van der Waals surface area (Å²) in [6.07, 6.45) is 2.72. The van der Waals surface area contributed by atoms with Gasteiger partial charge in [-0.25, -0.2) is 4.79 Å². The van der Waals surface area contributed by atoms with Crippen LogP contribution in [0.5, 0.6) is 0 Å². The lowest BCUT2D eigenvalue weighted by Gasteiger charge is -2.20. The highest BCUT2D eigenvalue weighted by molar-refractivity contribution is 5.96. The first kappa shape index (κ1) is 12.2. The van der Waals surface area contributed by atoms with Crippen LogP contribution in [-0.2, 0) is 4.74 Å². The van der Waals surface area contributed by atoms with Gasteiger partial charge in [0.05, 0.1) is 5.54 Å². The van der Waals surface area contributed by atoms with E-state index in [-0.39, 0.29) is 11.6 Å². The number of rotatable bonds is 2. The van der Waals surface area contributed by atoms with Gasteiger partial charge in [0.1, 0.15) is 6.61 Å². The van der Waals surface area contributed by atoms with Crippen molar-refractivity contribution in [2.24, 2.45) is 0 Å². The predicted octanol–water partition coefficient (Wildman–Crippen LogP) is 2.82. The largest absolute Gasteiger partial charge is 0.447 e. The molecule has 1 aliphatic carbocycles. The summed E-state index contributed by atoms with van der Waals surface area (Å²) in [5.74, 6) is 0.474. The average molecular weight is 258 g/mol. The Balaban J connectivity index is 1.74. The summed E-state index contributed by atoms with van der Waals surface area (Å²) < 4.78 is 5.05. The average Bonchev–Trinajstić information content (AvgIpc) is 2.97. The number of amides is 1. The van der Waals surface area contributed by atoms with Crippen molar-refractivity contribution < 1.29 is 9.53 Å². The van der Waals surface area contributed by atoms with Crippen LogP contribution in [0.25, 0.3) is 0 Å². The highest BCUT2D eigenvalue weighted by atomic mass is 16.6. The van der Waals surface area contributed by atoms with Gasteiger partial charge in [0.15, 0.2) is 0 Å². The van der Waals surface area contributed by atoms with E-state index in [1.165, 1.54) is 5.56 Å². The highest BCUT2D eigenvalue weighted by Gasteiger charge is 2.45. The molecule has 0 bridgehead atoms. The number of cyclic esters (lactones) is 1. The fraction of sp³-hybridized carbons (Fsp3) is 0.467. The van der Waals surface area contributed by atoms with Crippen molar-refractivity contribution in [3.63, 3.8) is 0 Å². The molecule has 4 nitrogen and oxygen atoms in total. The maximum Gasteiger partial charge on any atom is 0.407 e. The molecule has 1 aromatic carbocycles. The molecule has 1 spiro atoms. The molecule has 0 radical (unpaired) electrons. The summed E-state index contributed by atoms with van der Waals surface area (Å²) >= 11 is 0. The molecule has 1 aliphatic heterocycles. The van der Waals surface area contributed by atoms with Crippen LogP contribution < -0.4 is 5.32 Å². The third kappa shape index (κ3) is 2.23. The van der Waals surface area contributed by atoms with Crippen molar-refractivity contribution in [3.8, 4) is 0 Å². The second-order valence-corrected chi connectivity index (χ2v) is 5.67. The van der Waals surface area contributed by atoms with Crippen molar-refractivity contribution in [1.82, 2.24) is 5.32 Å². The Morgan fingerprint density at radius 1 is 1.42 bits per heavy atom. The third-order valence-electron chi connectivity index (χ3n) is 4.27. The molecule has 2 unspecified atom stereocenters. The number of nitrogens with one attached hydrogen (secondary N) is 2. The second kappa shape index (κ2) is 4.37. The Morgan fingerprint density at radius 3 is 2.74 bits per heavy atom. The molecule has 1 amide bonds. The van der Waals surface area contributed by atoms with Gasteiger partial charge in [-0.15, -0.1) is 0 Å². The van der Waals surface area contributed by atoms with Crippen LogP contribution in [-0.4, -0.2) is 24.0 Å². The van der Waals surface area contributed by atoms with E-state index in [4.69, 9.17) is 10.1 Å². The Kier molecular flexibility index (Phi) is 2.81. The Hall–Kier alpha value is -1.84. The number of alkyl carbamates (subject to hydrolysis) is 1. The Labute approximate surface area is 112 Å². The van der Waals surface area contributed by atoms with E-state index in [2.05, 4.69) is 17.4 Å². The van der Waals surface area contributed by atoms with Crippen LogP contribution in [0.1, 0.15) is 43.2 Å². The molecular weight excluding hydrogens is 240 g/mol. The van der Waals surface area contributed by atoms with Crippen LogP contribution in [0.2, 0.25) is 0 Å². The molecule has 19 heavy (non-hydrogen) atoms. The minimum absolute atomic E-state index is 0.141. The predicted molar refractivity (Wildman–Crippen MR) is 72.8 cm³/mol. The van der Waals surface area contributed by atoms with Crippen molar-refractivity contribution in [1.29, 1.82) is 5.41 Å². The number of benzene rings is 1. The Bertz CT molecular complexity index is 523. The number of ether oxygens (including phenoxy) is 1. The van der Waals surface area contributed by atoms with E-state index in [0.717, 1.165) is 24.8 Å². The zero-order valence-corrected chi connectivity index (χ0v) is 11.0. The molecule has 4 heteroatoms. The first-order valence-electron chi connectivity index (χ1n) is 6.68. The van der Waals surface area contributed by atoms with E-state index >= 15 is 0 Å². The van der Waals surface area contributed by atoms with Crippen LogP contribution in [0.3, 0.4) is 0 Å². The molecule has 3 rings (SSSR count). The van der Waals surface area contributed by atoms with Gasteiger partial charge in [0.25, 0.3) is 0 Å². The summed E-state index contributed by atoms with van der Waals surface area (Å²) in [5.41, 5.74) is 2.71. The maximum atomic E-state index is 11.2. The molecule has 2 atom stereocenters. The monoisotopic (exact) mass is 258 g/mol. The summed E-state index contributed by atoms with van der Waals surface area (Å²) in [5, 5.41) is 10.6. The van der Waals surface area contributed by atoms with Crippen molar-refractivity contribution in [2.75, 3.05) is 6.61 Å². The molecule has 1 aromatic rings. The van der Waals surface area contributed by atoms with Gasteiger partial charge in [0.2, 0.25) is 0 Å².